The van der Waals surface area contributed by atoms with Crippen LogP contribution in [0.15, 0.2) is 48.5 Å². The fraction of sp³-hybridized carbons (Fsp3) is 0.455. The number of unbranched alkanes of at least 4 members (excludes halogenated alkanes) is 4. The first-order valence-corrected chi connectivity index (χ1v) is 9.34. The standard InChI is InChI=1S/2C11H17N/c1-2-3-4-6-10-7-5-8-11(12)9-10;1-2-3-4-5-10-6-8-11(12)9-7-10/h5,7-9H,2-4,6,12H2,1H3;6-9H,2-5,12H2,1H3. The molecule has 0 heterocycles. The van der Waals surface area contributed by atoms with E-state index in [1.807, 2.05) is 24.3 Å². The van der Waals surface area contributed by atoms with E-state index < -0.39 is 0 Å². The summed E-state index contributed by atoms with van der Waals surface area (Å²) in [7, 11) is 0. The Kier molecular flexibility index (Phi) is 10.4. The normalized spacial score (nSPS) is 10.1. The van der Waals surface area contributed by atoms with Gasteiger partial charge in [0.1, 0.15) is 0 Å². The van der Waals surface area contributed by atoms with Crippen LogP contribution in [0.1, 0.15) is 63.5 Å². The van der Waals surface area contributed by atoms with Gasteiger partial charge in [-0.05, 0) is 61.1 Å². The number of benzene rings is 2. The molecular weight excluding hydrogens is 292 g/mol. The number of aryl methyl sites for hydroxylation is 2. The first-order chi connectivity index (χ1) is 11.7. The van der Waals surface area contributed by atoms with Crippen molar-refractivity contribution in [2.24, 2.45) is 0 Å². The van der Waals surface area contributed by atoms with Gasteiger partial charge in [0.05, 0.1) is 0 Å². The Morgan fingerprint density at radius 1 is 0.625 bits per heavy atom. The van der Waals surface area contributed by atoms with Crippen molar-refractivity contribution in [3.05, 3.63) is 59.7 Å². The molecule has 0 saturated heterocycles. The van der Waals surface area contributed by atoms with Gasteiger partial charge in [0.2, 0.25) is 0 Å². The Labute approximate surface area is 148 Å². The maximum Gasteiger partial charge on any atom is 0.0316 e. The van der Waals surface area contributed by atoms with Crippen LogP contribution in [0.4, 0.5) is 11.4 Å². The van der Waals surface area contributed by atoms with Crippen LogP contribution in [0, 0.1) is 0 Å². The van der Waals surface area contributed by atoms with Crippen LogP contribution in [-0.4, -0.2) is 0 Å². The highest BCUT2D eigenvalue weighted by atomic mass is 14.5. The maximum absolute atomic E-state index is 5.66. The fourth-order valence-electron chi connectivity index (χ4n) is 2.59. The third-order valence-electron chi connectivity index (χ3n) is 4.07. The number of anilines is 2. The minimum absolute atomic E-state index is 0.856. The lowest BCUT2D eigenvalue weighted by molar-refractivity contribution is 0.717. The summed E-state index contributed by atoms with van der Waals surface area (Å²) in [6.07, 6.45) is 10.1. The summed E-state index contributed by atoms with van der Waals surface area (Å²) < 4.78 is 0. The summed E-state index contributed by atoms with van der Waals surface area (Å²) in [5.74, 6) is 0. The maximum atomic E-state index is 5.66. The van der Waals surface area contributed by atoms with E-state index in [-0.39, 0.29) is 0 Å². The lowest BCUT2D eigenvalue weighted by atomic mass is 10.1. The second-order valence-electron chi connectivity index (χ2n) is 6.40. The van der Waals surface area contributed by atoms with Crippen LogP contribution < -0.4 is 11.5 Å². The van der Waals surface area contributed by atoms with Crippen LogP contribution in [0.2, 0.25) is 0 Å². The lowest BCUT2D eigenvalue weighted by Gasteiger charge is -2.00. The molecule has 4 N–H and O–H groups in total. The highest BCUT2D eigenvalue weighted by Gasteiger charge is 1.93. The SMILES string of the molecule is CCCCCc1ccc(N)cc1.CCCCCc1cccc(N)c1. The Morgan fingerprint density at radius 2 is 1.21 bits per heavy atom. The highest BCUT2D eigenvalue weighted by molar-refractivity contribution is 5.40. The molecule has 0 aliphatic carbocycles. The number of hydrogen-bond acceptors (Lipinski definition) is 2. The predicted octanol–water partition coefficient (Wildman–Crippen LogP) is 6.00. The average molecular weight is 327 g/mol. The van der Waals surface area contributed by atoms with Gasteiger partial charge in [-0.1, -0.05) is 63.8 Å². The van der Waals surface area contributed by atoms with E-state index in [0.717, 1.165) is 11.4 Å². The second-order valence-corrected chi connectivity index (χ2v) is 6.40. The zero-order valence-corrected chi connectivity index (χ0v) is 15.4. The van der Waals surface area contributed by atoms with Crippen molar-refractivity contribution >= 4 is 11.4 Å². The van der Waals surface area contributed by atoms with Crippen molar-refractivity contribution in [2.45, 2.75) is 65.2 Å². The van der Waals surface area contributed by atoms with Gasteiger partial charge in [0, 0.05) is 11.4 Å². The minimum atomic E-state index is 0.856. The summed E-state index contributed by atoms with van der Waals surface area (Å²) >= 11 is 0. The third-order valence-corrected chi connectivity index (χ3v) is 4.07. The monoisotopic (exact) mass is 326 g/mol. The molecule has 0 radical (unpaired) electrons. The minimum Gasteiger partial charge on any atom is -0.399 e. The van der Waals surface area contributed by atoms with Gasteiger partial charge >= 0.3 is 0 Å². The average Bonchev–Trinajstić information content (AvgIpc) is 2.58. The van der Waals surface area contributed by atoms with Gasteiger partial charge in [0.25, 0.3) is 0 Å². The highest BCUT2D eigenvalue weighted by Crippen LogP contribution is 2.10. The fourth-order valence-corrected chi connectivity index (χ4v) is 2.59. The summed E-state index contributed by atoms with van der Waals surface area (Å²) in [6, 6.07) is 16.3. The molecule has 2 nitrogen and oxygen atoms in total. The number of hydrogen-bond donors (Lipinski definition) is 2. The molecule has 0 aromatic heterocycles. The summed E-state index contributed by atoms with van der Waals surface area (Å²) in [5, 5.41) is 0. The molecule has 2 aromatic carbocycles. The molecule has 0 amide bonds. The van der Waals surface area contributed by atoms with E-state index in [0.29, 0.717) is 0 Å². The van der Waals surface area contributed by atoms with E-state index in [1.165, 1.54) is 62.5 Å². The zero-order chi connectivity index (χ0) is 17.6. The van der Waals surface area contributed by atoms with Crippen molar-refractivity contribution in [2.75, 3.05) is 11.5 Å². The van der Waals surface area contributed by atoms with E-state index in [1.54, 1.807) is 0 Å². The smallest absolute Gasteiger partial charge is 0.0316 e. The first kappa shape index (κ1) is 20.1. The van der Waals surface area contributed by atoms with Gasteiger partial charge in [-0.3, -0.25) is 0 Å². The topological polar surface area (TPSA) is 52.0 Å². The van der Waals surface area contributed by atoms with E-state index in [2.05, 4.69) is 38.1 Å². The lowest BCUT2D eigenvalue weighted by Crippen LogP contribution is -1.88. The summed E-state index contributed by atoms with van der Waals surface area (Å²) in [6.45, 7) is 4.45. The van der Waals surface area contributed by atoms with Crippen molar-refractivity contribution in [1.29, 1.82) is 0 Å². The Hall–Kier alpha value is -1.96. The molecule has 0 aliphatic rings. The van der Waals surface area contributed by atoms with Crippen molar-refractivity contribution in [1.82, 2.24) is 0 Å². The number of rotatable bonds is 8. The molecule has 0 atom stereocenters. The molecule has 24 heavy (non-hydrogen) atoms. The van der Waals surface area contributed by atoms with Crippen LogP contribution in [-0.2, 0) is 12.8 Å². The summed E-state index contributed by atoms with van der Waals surface area (Å²) in [5.41, 5.74) is 15.7. The molecule has 2 rings (SSSR count). The largest absolute Gasteiger partial charge is 0.399 e. The molecule has 0 unspecified atom stereocenters. The Bertz CT molecular complexity index is 546. The molecule has 0 aliphatic heterocycles. The summed E-state index contributed by atoms with van der Waals surface area (Å²) in [4.78, 5) is 0. The Balaban J connectivity index is 0.000000240. The van der Waals surface area contributed by atoms with Crippen molar-refractivity contribution in [3.8, 4) is 0 Å². The van der Waals surface area contributed by atoms with E-state index >= 15 is 0 Å². The molecule has 0 fully saturated rings. The van der Waals surface area contributed by atoms with Crippen LogP contribution in [0.5, 0.6) is 0 Å². The molecular formula is C22H34N2. The predicted molar refractivity (Wildman–Crippen MR) is 108 cm³/mol. The second kappa shape index (κ2) is 12.5. The van der Waals surface area contributed by atoms with Gasteiger partial charge in [-0.2, -0.15) is 0 Å². The molecule has 2 heteroatoms. The van der Waals surface area contributed by atoms with Gasteiger partial charge in [-0.25, -0.2) is 0 Å². The van der Waals surface area contributed by atoms with Gasteiger partial charge in [0.15, 0.2) is 0 Å². The molecule has 0 bridgehead atoms. The third kappa shape index (κ3) is 9.24. The van der Waals surface area contributed by atoms with Crippen molar-refractivity contribution < 1.29 is 0 Å². The van der Waals surface area contributed by atoms with Crippen molar-refractivity contribution in [3.63, 3.8) is 0 Å². The molecule has 0 saturated carbocycles. The molecule has 0 spiro atoms. The number of nitrogens with two attached hydrogens (primary N) is 2. The van der Waals surface area contributed by atoms with Crippen LogP contribution in [0.3, 0.4) is 0 Å². The first-order valence-electron chi connectivity index (χ1n) is 9.34. The van der Waals surface area contributed by atoms with Gasteiger partial charge < -0.3 is 11.5 Å². The van der Waals surface area contributed by atoms with Gasteiger partial charge in [-0.15, -0.1) is 0 Å². The number of nitrogen functional groups attached to an aromatic ring is 2. The quantitative estimate of drug-likeness (QED) is 0.461. The van der Waals surface area contributed by atoms with E-state index in [9.17, 15) is 0 Å². The molecule has 2 aromatic rings. The van der Waals surface area contributed by atoms with E-state index in [4.69, 9.17) is 11.5 Å². The zero-order valence-electron chi connectivity index (χ0n) is 15.4. The van der Waals surface area contributed by atoms with Crippen LogP contribution in [0.25, 0.3) is 0 Å². The Morgan fingerprint density at radius 3 is 1.75 bits per heavy atom. The van der Waals surface area contributed by atoms with Crippen LogP contribution >= 0.6 is 0 Å². The molecule has 132 valence electrons.